The quantitative estimate of drug-likeness (QED) is 0.895. The van der Waals surface area contributed by atoms with Gasteiger partial charge in [-0.1, -0.05) is 47.5 Å². The van der Waals surface area contributed by atoms with Gasteiger partial charge in [0.15, 0.2) is 0 Å². The molecular weight excluding hydrogens is 281 g/mol. The lowest BCUT2D eigenvalue weighted by molar-refractivity contribution is 0.306. The first-order valence-electron chi connectivity index (χ1n) is 5.99. The standard InChI is InChI=1S/C15H15Cl2NO/c1-10(18)11-4-2-6-13(8-11)19-9-12-5-3-7-14(16)15(12)17/h2-8,10H,9,18H2,1H3. The molecule has 2 aromatic carbocycles. The first kappa shape index (κ1) is 14.2. The summed E-state index contributed by atoms with van der Waals surface area (Å²) in [4.78, 5) is 0. The zero-order valence-corrected chi connectivity index (χ0v) is 12.1. The van der Waals surface area contributed by atoms with Gasteiger partial charge in [0.2, 0.25) is 0 Å². The molecule has 0 aliphatic heterocycles. The Morgan fingerprint density at radius 3 is 2.63 bits per heavy atom. The molecule has 0 fully saturated rings. The zero-order valence-electron chi connectivity index (χ0n) is 10.6. The largest absolute Gasteiger partial charge is 0.489 e. The van der Waals surface area contributed by atoms with Gasteiger partial charge in [-0.25, -0.2) is 0 Å². The fraction of sp³-hybridized carbons (Fsp3) is 0.200. The van der Waals surface area contributed by atoms with Gasteiger partial charge in [0.05, 0.1) is 10.0 Å². The van der Waals surface area contributed by atoms with Crippen LogP contribution in [0.2, 0.25) is 10.0 Å². The number of nitrogens with two attached hydrogens (primary N) is 1. The highest BCUT2D eigenvalue weighted by Gasteiger charge is 2.06. The first-order chi connectivity index (χ1) is 9.08. The number of hydrogen-bond donors (Lipinski definition) is 1. The van der Waals surface area contributed by atoms with E-state index in [4.69, 9.17) is 33.7 Å². The van der Waals surface area contributed by atoms with E-state index in [-0.39, 0.29) is 6.04 Å². The van der Waals surface area contributed by atoms with Gasteiger partial charge in [0.25, 0.3) is 0 Å². The van der Waals surface area contributed by atoms with Crippen LogP contribution in [-0.2, 0) is 6.61 Å². The lowest BCUT2D eigenvalue weighted by Crippen LogP contribution is -2.05. The summed E-state index contributed by atoms with van der Waals surface area (Å²) in [6.45, 7) is 2.31. The summed E-state index contributed by atoms with van der Waals surface area (Å²) in [5.41, 5.74) is 7.74. The predicted molar refractivity (Wildman–Crippen MR) is 79.8 cm³/mol. The molecule has 2 nitrogen and oxygen atoms in total. The molecule has 0 aromatic heterocycles. The van der Waals surface area contributed by atoms with Crippen molar-refractivity contribution in [2.75, 3.05) is 0 Å². The molecule has 0 bridgehead atoms. The second kappa shape index (κ2) is 6.29. The Morgan fingerprint density at radius 2 is 1.89 bits per heavy atom. The van der Waals surface area contributed by atoms with Gasteiger partial charge in [-0.15, -0.1) is 0 Å². The molecule has 2 aromatic rings. The van der Waals surface area contributed by atoms with E-state index in [2.05, 4.69) is 0 Å². The second-order valence-electron chi connectivity index (χ2n) is 4.36. The molecule has 0 spiro atoms. The summed E-state index contributed by atoms with van der Waals surface area (Å²) >= 11 is 12.1. The van der Waals surface area contributed by atoms with Gasteiger partial charge in [-0.3, -0.25) is 0 Å². The summed E-state index contributed by atoms with van der Waals surface area (Å²) in [7, 11) is 0. The zero-order chi connectivity index (χ0) is 13.8. The molecule has 1 unspecified atom stereocenters. The van der Waals surface area contributed by atoms with Crippen LogP contribution in [0, 0.1) is 0 Å². The van der Waals surface area contributed by atoms with Crippen molar-refractivity contribution in [2.24, 2.45) is 5.73 Å². The van der Waals surface area contributed by atoms with Crippen LogP contribution in [0.15, 0.2) is 42.5 Å². The molecule has 0 amide bonds. The molecule has 0 saturated carbocycles. The van der Waals surface area contributed by atoms with Gasteiger partial charge < -0.3 is 10.5 Å². The Hall–Kier alpha value is -1.22. The minimum atomic E-state index is -0.0155. The Balaban J connectivity index is 2.10. The topological polar surface area (TPSA) is 35.2 Å². The normalized spacial score (nSPS) is 12.2. The number of halogens is 2. The smallest absolute Gasteiger partial charge is 0.120 e. The van der Waals surface area contributed by atoms with Crippen LogP contribution in [0.4, 0.5) is 0 Å². The fourth-order valence-electron chi connectivity index (χ4n) is 1.71. The number of benzene rings is 2. The van der Waals surface area contributed by atoms with Gasteiger partial charge in [0, 0.05) is 11.6 Å². The molecule has 0 aliphatic rings. The molecule has 4 heteroatoms. The van der Waals surface area contributed by atoms with Crippen LogP contribution in [0.1, 0.15) is 24.1 Å². The third-order valence-electron chi connectivity index (χ3n) is 2.81. The molecule has 19 heavy (non-hydrogen) atoms. The maximum atomic E-state index is 6.11. The van der Waals surface area contributed by atoms with Crippen LogP contribution in [0.25, 0.3) is 0 Å². The van der Waals surface area contributed by atoms with Crippen LogP contribution >= 0.6 is 23.2 Å². The molecule has 1 atom stereocenters. The van der Waals surface area contributed by atoms with Crippen LogP contribution in [0.3, 0.4) is 0 Å². The van der Waals surface area contributed by atoms with Gasteiger partial charge in [0.1, 0.15) is 12.4 Å². The molecule has 100 valence electrons. The van der Waals surface area contributed by atoms with Crippen molar-refractivity contribution >= 4 is 23.2 Å². The number of ether oxygens (including phenoxy) is 1. The summed E-state index contributed by atoms with van der Waals surface area (Å²) in [6, 6.07) is 13.2. The third-order valence-corrected chi connectivity index (χ3v) is 3.67. The molecule has 0 heterocycles. The number of hydrogen-bond acceptors (Lipinski definition) is 2. The maximum Gasteiger partial charge on any atom is 0.120 e. The van der Waals surface area contributed by atoms with E-state index in [1.54, 1.807) is 6.07 Å². The lowest BCUT2D eigenvalue weighted by atomic mass is 10.1. The van der Waals surface area contributed by atoms with Crippen molar-refractivity contribution in [1.82, 2.24) is 0 Å². The van der Waals surface area contributed by atoms with Crippen molar-refractivity contribution in [3.8, 4) is 5.75 Å². The number of rotatable bonds is 4. The van der Waals surface area contributed by atoms with E-state index in [1.165, 1.54) is 0 Å². The maximum absolute atomic E-state index is 6.11. The Bertz CT molecular complexity index is 570. The molecule has 0 saturated heterocycles. The Morgan fingerprint density at radius 1 is 1.16 bits per heavy atom. The molecular formula is C15H15Cl2NO. The van der Waals surface area contributed by atoms with E-state index in [0.717, 1.165) is 16.9 Å². The average molecular weight is 296 g/mol. The van der Waals surface area contributed by atoms with E-state index in [0.29, 0.717) is 16.7 Å². The minimum Gasteiger partial charge on any atom is -0.489 e. The fourth-order valence-corrected chi connectivity index (χ4v) is 2.08. The summed E-state index contributed by atoms with van der Waals surface area (Å²) < 4.78 is 5.72. The van der Waals surface area contributed by atoms with Gasteiger partial charge in [-0.2, -0.15) is 0 Å². The van der Waals surface area contributed by atoms with Gasteiger partial charge >= 0.3 is 0 Å². The van der Waals surface area contributed by atoms with Crippen LogP contribution in [0.5, 0.6) is 5.75 Å². The molecule has 0 radical (unpaired) electrons. The summed E-state index contributed by atoms with van der Waals surface area (Å²) in [5.74, 6) is 0.769. The first-order valence-corrected chi connectivity index (χ1v) is 6.74. The molecule has 0 aliphatic carbocycles. The van der Waals surface area contributed by atoms with Crippen molar-refractivity contribution in [1.29, 1.82) is 0 Å². The second-order valence-corrected chi connectivity index (χ2v) is 5.15. The summed E-state index contributed by atoms with van der Waals surface area (Å²) in [6.07, 6.45) is 0. The van der Waals surface area contributed by atoms with Crippen molar-refractivity contribution < 1.29 is 4.74 Å². The highest BCUT2D eigenvalue weighted by molar-refractivity contribution is 6.42. The molecule has 2 N–H and O–H groups in total. The van der Waals surface area contributed by atoms with Crippen molar-refractivity contribution in [3.63, 3.8) is 0 Å². The molecule has 2 rings (SSSR count). The third kappa shape index (κ3) is 3.63. The van der Waals surface area contributed by atoms with E-state index >= 15 is 0 Å². The van der Waals surface area contributed by atoms with E-state index < -0.39 is 0 Å². The highest BCUT2D eigenvalue weighted by atomic mass is 35.5. The highest BCUT2D eigenvalue weighted by Crippen LogP contribution is 2.27. The van der Waals surface area contributed by atoms with Gasteiger partial charge in [-0.05, 0) is 30.7 Å². The predicted octanol–water partition coefficient (Wildman–Crippen LogP) is 4.59. The SMILES string of the molecule is CC(N)c1cccc(OCc2cccc(Cl)c2Cl)c1. The van der Waals surface area contributed by atoms with Crippen molar-refractivity contribution in [3.05, 3.63) is 63.6 Å². The minimum absolute atomic E-state index is 0.0155. The monoisotopic (exact) mass is 295 g/mol. The Kier molecular flexibility index (Phi) is 4.70. The average Bonchev–Trinajstić information content (AvgIpc) is 2.41. The van der Waals surface area contributed by atoms with Crippen LogP contribution in [-0.4, -0.2) is 0 Å². The Labute approximate surface area is 123 Å². The van der Waals surface area contributed by atoms with Crippen LogP contribution < -0.4 is 10.5 Å². The lowest BCUT2D eigenvalue weighted by Gasteiger charge is -2.11. The van der Waals surface area contributed by atoms with Crippen molar-refractivity contribution in [2.45, 2.75) is 19.6 Å². The van der Waals surface area contributed by atoms with E-state index in [9.17, 15) is 0 Å². The van der Waals surface area contributed by atoms with E-state index in [1.807, 2.05) is 43.3 Å². The summed E-state index contributed by atoms with van der Waals surface area (Å²) in [5, 5.41) is 1.07.